The molecule has 0 spiro atoms. The molecule has 6 aromatic heterocycles. The molecule has 2 aromatic carbocycles. The predicted molar refractivity (Wildman–Crippen MR) is 366 cm³/mol. The van der Waals surface area contributed by atoms with Gasteiger partial charge >= 0.3 is 12.2 Å². The van der Waals surface area contributed by atoms with Crippen LogP contribution in [-0.4, -0.2) is 127 Å². The molecule has 2 amide bonds. The minimum atomic E-state index is -0.521. The number of halogens is 1. The van der Waals surface area contributed by atoms with Crippen molar-refractivity contribution in [2.24, 2.45) is 0 Å². The van der Waals surface area contributed by atoms with Gasteiger partial charge in [0.15, 0.2) is 11.6 Å². The highest BCUT2D eigenvalue weighted by Gasteiger charge is 2.33. The zero-order valence-corrected chi connectivity index (χ0v) is 58.3. The number of nitrogens with one attached hydrogen (secondary N) is 1. The zero-order chi connectivity index (χ0) is 66.6. The number of amides is 2. The summed E-state index contributed by atoms with van der Waals surface area (Å²) in [6, 6.07) is 16.3. The van der Waals surface area contributed by atoms with Crippen LogP contribution in [0.1, 0.15) is 172 Å². The number of carbonyl (C=O) groups is 4. The third-order valence-corrected chi connectivity index (χ3v) is 17.6. The minimum Gasteiger partial charge on any atom is -0.444 e. The highest BCUT2D eigenvalue weighted by Crippen LogP contribution is 2.32. The fraction of sp³-hybridized carbons (Fsp3) is 0.463. The van der Waals surface area contributed by atoms with Gasteiger partial charge in [-0.2, -0.15) is 22.8 Å². The number of aryl methyl sites for hydroxylation is 4. The molecular formula is C67H87ClN14O6S3. The predicted octanol–water partition coefficient (Wildman–Crippen LogP) is 15.0. The van der Waals surface area contributed by atoms with Crippen LogP contribution in [0.2, 0.25) is 5.28 Å². The van der Waals surface area contributed by atoms with E-state index in [4.69, 9.17) is 31.8 Å². The summed E-state index contributed by atoms with van der Waals surface area (Å²) in [7, 11) is 0. The number of thiazole rings is 2. The summed E-state index contributed by atoms with van der Waals surface area (Å²) in [6.45, 7) is 30.5. The fourth-order valence-electron chi connectivity index (χ4n) is 9.77. The molecule has 0 saturated carbocycles. The molecule has 2 fully saturated rings. The van der Waals surface area contributed by atoms with Gasteiger partial charge in [0, 0.05) is 98.2 Å². The largest absolute Gasteiger partial charge is 0.444 e. The van der Waals surface area contributed by atoms with E-state index in [2.05, 4.69) is 133 Å². The smallest absolute Gasteiger partial charge is 0.410 e. The van der Waals surface area contributed by atoms with Crippen LogP contribution in [0.3, 0.4) is 0 Å². The van der Waals surface area contributed by atoms with E-state index in [1.54, 1.807) is 59.4 Å². The molecular weight excluding hydrogens is 1230 g/mol. The van der Waals surface area contributed by atoms with Crippen molar-refractivity contribution < 1.29 is 28.7 Å². The number of nitrogen functional groups attached to an aromatic ring is 1. The molecule has 0 unspecified atom stereocenters. The van der Waals surface area contributed by atoms with E-state index in [-0.39, 0.29) is 52.0 Å². The summed E-state index contributed by atoms with van der Waals surface area (Å²) >= 11 is 12.4. The molecule has 0 bridgehead atoms. The first-order valence-electron chi connectivity index (χ1n) is 30.4. The molecule has 24 heteroatoms. The van der Waals surface area contributed by atoms with Crippen LogP contribution < -0.4 is 11.1 Å². The first-order valence-corrected chi connectivity index (χ1v) is 33.3. The minimum absolute atomic E-state index is 0.0283. The molecule has 2 saturated heterocycles. The Kier molecular flexibility index (Phi) is 23.9. The van der Waals surface area contributed by atoms with Crippen LogP contribution >= 0.6 is 46.9 Å². The number of anilines is 3. The van der Waals surface area contributed by atoms with Gasteiger partial charge in [-0.05, 0) is 145 Å². The summed E-state index contributed by atoms with van der Waals surface area (Å²) in [5.74, 6) is 0.744. The van der Waals surface area contributed by atoms with E-state index >= 15 is 0 Å². The highest BCUT2D eigenvalue weighted by molar-refractivity contribution is 7.79. The third kappa shape index (κ3) is 20.7. The van der Waals surface area contributed by atoms with E-state index in [0.717, 1.165) is 83.1 Å². The third-order valence-electron chi connectivity index (χ3n) is 14.5. The molecule has 0 aliphatic carbocycles. The Labute approximate surface area is 553 Å². The Hall–Kier alpha value is -7.60. The topological polar surface area (TPSA) is 244 Å². The second-order valence-corrected chi connectivity index (χ2v) is 28.9. The number of ether oxygens (including phenoxy) is 2. The number of carbonyl (C=O) groups excluding carboxylic acids is 4. The van der Waals surface area contributed by atoms with Gasteiger partial charge in [-0.3, -0.25) is 19.0 Å². The van der Waals surface area contributed by atoms with E-state index in [9.17, 15) is 19.2 Å². The lowest BCUT2D eigenvalue weighted by molar-refractivity contribution is 0.0278. The molecule has 486 valence electrons. The number of nitrogens with zero attached hydrogens (tertiary/aromatic N) is 12. The summed E-state index contributed by atoms with van der Waals surface area (Å²) in [5.41, 5.74) is 14.1. The van der Waals surface area contributed by atoms with Crippen molar-refractivity contribution in [1.82, 2.24) is 59.3 Å². The van der Waals surface area contributed by atoms with Crippen LogP contribution in [0.25, 0.3) is 22.5 Å². The van der Waals surface area contributed by atoms with Crippen LogP contribution in [0, 0.1) is 13.8 Å². The first-order chi connectivity index (χ1) is 42.8. The molecule has 2 aliphatic heterocycles. The monoisotopic (exact) mass is 1310 g/mol. The van der Waals surface area contributed by atoms with Crippen molar-refractivity contribution in [3.63, 3.8) is 0 Å². The second-order valence-electron chi connectivity index (χ2n) is 26.5. The summed E-state index contributed by atoms with van der Waals surface area (Å²) in [6.07, 6.45) is 19.0. The number of thiol groups is 1. The van der Waals surface area contributed by atoms with Crippen molar-refractivity contribution in [2.75, 3.05) is 43.5 Å². The molecule has 2 aliphatic rings. The van der Waals surface area contributed by atoms with Gasteiger partial charge in [-0.1, -0.05) is 65.8 Å². The lowest BCUT2D eigenvalue weighted by atomic mass is 9.98. The number of Topliss-reactive ketones (excluding diaryl/α,β-unsaturated/α-hetero) is 2. The van der Waals surface area contributed by atoms with Crippen molar-refractivity contribution in [1.29, 1.82) is 0 Å². The van der Waals surface area contributed by atoms with Crippen LogP contribution in [0.5, 0.6) is 0 Å². The van der Waals surface area contributed by atoms with Crippen LogP contribution in [0.15, 0.2) is 98.1 Å². The Bertz CT molecular complexity index is 3780. The molecule has 8 heterocycles. The number of hydrogen-bond donors (Lipinski definition) is 3. The number of benzene rings is 2. The number of rotatable bonds is 14. The van der Waals surface area contributed by atoms with Gasteiger partial charge in [-0.15, -0.1) is 22.7 Å². The number of nitrogens with two attached hydrogens (primary N) is 1. The quantitative estimate of drug-likeness (QED) is 0.0520. The van der Waals surface area contributed by atoms with Gasteiger partial charge in [0.1, 0.15) is 11.2 Å². The second kappa shape index (κ2) is 30.7. The van der Waals surface area contributed by atoms with Crippen LogP contribution in [0.4, 0.5) is 26.9 Å². The maximum absolute atomic E-state index is 12.8. The lowest BCUT2D eigenvalue weighted by Crippen LogP contribution is -2.35. The molecule has 3 N–H and O–H groups in total. The van der Waals surface area contributed by atoms with Crippen molar-refractivity contribution in [3.05, 3.63) is 145 Å². The summed E-state index contributed by atoms with van der Waals surface area (Å²) < 4.78 is 14.6. The van der Waals surface area contributed by atoms with Crippen molar-refractivity contribution in [2.45, 2.75) is 170 Å². The molecule has 91 heavy (non-hydrogen) atoms. The van der Waals surface area contributed by atoms with Gasteiger partial charge < -0.3 is 30.3 Å². The summed E-state index contributed by atoms with van der Waals surface area (Å²) in [5, 5.41) is 14.2. The SMILES string of the molecule is CC(C)(C)OC(=O)N1CC[C@@H](n2cc(N)cn2)C1.CS.Cc1cc(-c2ccnc(Cl)n2)ccc1CCC(=O)c1cnc(C(C)(C)C)s1.Cc1cc(-c2ccnc(Nc3cnn([C@@H]4CCN(C(=O)OC(C)(C)C)C4)c3)n2)ccc1CCC(=O)c1cnc(C(C)(C)C)s1. The zero-order valence-electron chi connectivity index (χ0n) is 55.0. The molecule has 20 nitrogen and oxygen atoms in total. The highest BCUT2D eigenvalue weighted by atomic mass is 35.5. The van der Waals surface area contributed by atoms with Crippen molar-refractivity contribution >= 4 is 88.0 Å². The number of likely N-dealkylation sites (tertiary alicyclic amines) is 2. The van der Waals surface area contributed by atoms with Crippen LogP contribution in [-0.2, 0) is 33.1 Å². The van der Waals surface area contributed by atoms with Gasteiger partial charge in [-0.25, -0.2) is 39.5 Å². The lowest BCUT2D eigenvalue weighted by Gasteiger charge is -2.24. The molecule has 10 rings (SSSR count). The Morgan fingerprint density at radius 2 is 1.07 bits per heavy atom. The van der Waals surface area contributed by atoms with E-state index in [1.807, 2.05) is 81.4 Å². The maximum atomic E-state index is 12.8. The maximum Gasteiger partial charge on any atom is 0.410 e. The van der Waals surface area contributed by atoms with Gasteiger partial charge in [0.05, 0.1) is 67.0 Å². The molecule has 0 radical (unpaired) electrons. The summed E-state index contributed by atoms with van der Waals surface area (Å²) in [4.78, 5) is 80.8. The van der Waals surface area contributed by atoms with E-state index in [0.29, 0.717) is 63.5 Å². The average Bonchev–Trinajstić information content (AvgIpc) is 2.54. The van der Waals surface area contributed by atoms with E-state index < -0.39 is 11.2 Å². The van der Waals surface area contributed by atoms with Crippen molar-refractivity contribution in [3.8, 4) is 22.5 Å². The van der Waals surface area contributed by atoms with Gasteiger partial charge in [0.2, 0.25) is 11.2 Å². The fourth-order valence-corrected chi connectivity index (χ4v) is 11.8. The number of aromatic nitrogens is 10. The normalized spacial score (nSPS) is 15.0. The van der Waals surface area contributed by atoms with Gasteiger partial charge in [0.25, 0.3) is 0 Å². The Morgan fingerprint density at radius 3 is 1.48 bits per heavy atom. The van der Waals surface area contributed by atoms with E-state index in [1.165, 1.54) is 22.7 Å². The first kappa shape index (κ1) is 70.9. The Balaban J connectivity index is 0.000000212. The number of ketones is 2. The standard InChI is InChI=1S/C33H41N7O3S.C21H22ClN3OS.C12H20N4O2.CH4S/c1-21-16-23(9-8-22(21)10-11-27(41)28-18-35-29(44-28)32(2,3)4)26-12-14-34-30(38-26)37-24-17-36-40(19-24)25-13-15-39(20-25)31(42)43-33(5,6)7;1-13-11-15(16-9-10-23-20(22)25-16)6-5-14(13)7-8-17(26)18-12-24-19(27-18)21(2,3)4;1-12(2,3)18-11(17)15-5-4-10(8-15)16-7-9(13)6-14-16;1-2/h8-9,12,14,16-19,25H,10-11,13,15,20H2,1-7H3,(H,34,37,38);5-6,9-12H,7-8H2,1-4H3;6-7,10H,4-5,8,13H2,1-3H3;2H,1H3/t25-;;10-;/m1.1./s1. The molecule has 8 aromatic rings. The molecule has 2 atom stereocenters. The Morgan fingerprint density at radius 1 is 0.615 bits per heavy atom. The number of hydrogen-bond acceptors (Lipinski definition) is 19. The average molecular weight is 1320 g/mol.